The fourth-order valence-electron chi connectivity index (χ4n) is 1.78. The lowest BCUT2D eigenvalue weighted by Crippen LogP contribution is -2.20. The molecule has 2 heterocycles. The molecule has 0 saturated carbocycles. The molecule has 0 aromatic carbocycles. The van der Waals surface area contributed by atoms with Crippen molar-refractivity contribution in [2.24, 2.45) is 0 Å². The van der Waals surface area contributed by atoms with Gasteiger partial charge >= 0.3 is 6.23 Å². The Balaban J connectivity index is 0.000000204. The Morgan fingerprint density at radius 2 is 1.65 bits per heavy atom. The maximum atomic E-state index is 10.5. The minimum absolute atomic E-state index is 0.330. The minimum atomic E-state index is -0.649. The smallest absolute Gasteiger partial charge is 0.329 e. The van der Waals surface area contributed by atoms with Crippen LogP contribution in [-0.2, 0) is 19.1 Å². The lowest BCUT2D eigenvalue weighted by molar-refractivity contribution is -0.128. The van der Waals surface area contributed by atoms with Crippen molar-refractivity contribution in [1.29, 1.82) is 5.26 Å². The first-order chi connectivity index (χ1) is 9.47. The van der Waals surface area contributed by atoms with Crippen molar-refractivity contribution in [2.45, 2.75) is 50.2 Å². The van der Waals surface area contributed by atoms with Gasteiger partial charge in [-0.05, 0) is 42.5 Å². The van der Waals surface area contributed by atoms with Crippen LogP contribution in [0.3, 0.4) is 0 Å². The van der Waals surface area contributed by atoms with Crippen LogP contribution in [0.4, 0.5) is 0 Å². The molecule has 0 aromatic rings. The molecule has 20 heavy (non-hydrogen) atoms. The molecule has 0 spiro atoms. The van der Waals surface area contributed by atoms with E-state index in [2.05, 4.69) is 4.85 Å². The SMILES string of the molecule is O=C(Cl)C1CCC(C(=O)Cl)O1.[C-]#[N+]C1CCC(C#N)O1. The van der Waals surface area contributed by atoms with Gasteiger partial charge in [0, 0.05) is 0 Å². The summed E-state index contributed by atoms with van der Waals surface area (Å²) in [7, 11) is 0. The summed E-state index contributed by atoms with van der Waals surface area (Å²) in [6, 6.07) is 1.96. The van der Waals surface area contributed by atoms with Gasteiger partial charge in [-0.2, -0.15) is 5.26 Å². The number of rotatable bonds is 2. The number of nitriles is 1. The van der Waals surface area contributed by atoms with Gasteiger partial charge in [0.25, 0.3) is 10.5 Å². The molecule has 0 aliphatic carbocycles. The van der Waals surface area contributed by atoms with Crippen molar-refractivity contribution in [3.8, 4) is 6.07 Å². The van der Waals surface area contributed by atoms with Crippen LogP contribution in [-0.4, -0.2) is 35.0 Å². The average molecular weight is 319 g/mol. The molecule has 2 saturated heterocycles. The summed E-state index contributed by atoms with van der Waals surface area (Å²) in [5, 5.41) is 7.17. The molecular weight excluding hydrogens is 307 g/mol. The highest BCUT2D eigenvalue weighted by atomic mass is 35.5. The summed E-state index contributed by atoms with van der Waals surface area (Å²) in [4.78, 5) is 24.2. The molecule has 8 heteroatoms. The highest BCUT2D eigenvalue weighted by molar-refractivity contribution is 6.65. The lowest BCUT2D eigenvalue weighted by atomic mass is 10.2. The van der Waals surface area contributed by atoms with Gasteiger partial charge in [-0.1, -0.05) is 0 Å². The van der Waals surface area contributed by atoms with E-state index in [4.69, 9.17) is 44.5 Å². The first-order valence-electron chi connectivity index (χ1n) is 5.93. The molecule has 0 bridgehead atoms. The van der Waals surface area contributed by atoms with E-state index in [9.17, 15) is 9.59 Å². The van der Waals surface area contributed by atoms with Crippen LogP contribution in [0.5, 0.6) is 0 Å². The van der Waals surface area contributed by atoms with E-state index in [1.165, 1.54) is 0 Å². The molecule has 2 aliphatic rings. The Morgan fingerprint density at radius 3 is 1.90 bits per heavy atom. The molecule has 0 aromatic heterocycles. The van der Waals surface area contributed by atoms with Crippen LogP contribution in [0.2, 0.25) is 0 Å². The molecule has 2 fully saturated rings. The highest BCUT2D eigenvalue weighted by Gasteiger charge is 2.33. The maximum absolute atomic E-state index is 10.5. The van der Waals surface area contributed by atoms with Gasteiger partial charge in [0.15, 0.2) is 6.10 Å². The summed E-state index contributed by atoms with van der Waals surface area (Å²) in [5.74, 6) is 0. The van der Waals surface area contributed by atoms with Crippen LogP contribution in [0, 0.1) is 17.9 Å². The molecule has 4 atom stereocenters. The Bertz CT molecular complexity index is 417. The minimum Gasteiger partial charge on any atom is -0.357 e. The van der Waals surface area contributed by atoms with Gasteiger partial charge in [0.05, 0.1) is 12.5 Å². The van der Waals surface area contributed by atoms with E-state index < -0.39 is 22.7 Å². The van der Waals surface area contributed by atoms with Crippen LogP contribution in [0.1, 0.15) is 25.7 Å². The van der Waals surface area contributed by atoms with Crippen molar-refractivity contribution in [1.82, 2.24) is 0 Å². The largest absolute Gasteiger partial charge is 0.357 e. The zero-order chi connectivity index (χ0) is 15.1. The third-order valence-corrected chi connectivity index (χ3v) is 3.30. The Labute approximate surface area is 126 Å². The second-order valence-electron chi connectivity index (χ2n) is 4.21. The Kier molecular flexibility index (Phi) is 6.90. The van der Waals surface area contributed by atoms with Gasteiger partial charge < -0.3 is 4.74 Å². The second-order valence-corrected chi connectivity index (χ2v) is 4.96. The molecule has 2 rings (SSSR count). The van der Waals surface area contributed by atoms with E-state index in [1.54, 1.807) is 0 Å². The van der Waals surface area contributed by atoms with Crippen LogP contribution in [0.25, 0.3) is 4.85 Å². The summed E-state index contributed by atoms with van der Waals surface area (Å²) in [6.07, 6.45) is 0.398. The quantitative estimate of drug-likeness (QED) is 0.574. The number of nitrogens with zero attached hydrogens (tertiary/aromatic N) is 2. The Morgan fingerprint density at radius 1 is 1.10 bits per heavy atom. The summed E-state index contributed by atoms with van der Waals surface area (Å²) < 4.78 is 9.87. The third-order valence-electron chi connectivity index (χ3n) is 2.81. The first-order valence-corrected chi connectivity index (χ1v) is 6.69. The van der Waals surface area contributed by atoms with Crippen molar-refractivity contribution in [2.75, 3.05) is 0 Å². The number of hydrogen-bond donors (Lipinski definition) is 0. The van der Waals surface area contributed by atoms with Crippen molar-refractivity contribution in [3.63, 3.8) is 0 Å². The van der Waals surface area contributed by atoms with E-state index in [0.29, 0.717) is 25.7 Å². The first kappa shape index (κ1) is 16.9. The van der Waals surface area contributed by atoms with Gasteiger partial charge in [-0.15, -0.1) is 0 Å². The molecule has 0 amide bonds. The number of carbonyl (C=O) groups is 2. The predicted molar refractivity (Wildman–Crippen MR) is 69.7 cm³/mol. The molecule has 0 N–H and O–H groups in total. The van der Waals surface area contributed by atoms with Crippen LogP contribution < -0.4 is 0 Å². The molecule has 6 nitrogen and oxygen atoms in total. The fraction of sp³-hybridized carbons (Fsp3) is 0.667. The summed E-state index contributed by atoms with van der Waals surface area (Å²) >= 11 is 10.3. The third kappa shape index (κ3) is 5.07. The maximum Gasteiger partial charge on any atom is 0.329 e. The monoisotopic (exact) mass is 318 g/mol. The van der Waals surface area contributed by atoms with Gasteiger partial charge in [0.1, 0.15) is 12.2 Å². The van der Waals surface area contributed by atoms with Crippen molar-refractivity contribution < 1.29 is 19.1 Å². The fourth-order valence-corrected chi connectivity index (χ4v) is 2.10. The van der Waals surface area contributed by atoms with Gasteiger partial charge in [-0.25, -0.2) is 6.57 Å². The zero-order valence-corrected chi connectivity index (χ0v) is 11.9. The standard InChI is InChI=1S/C6H6Cl2O3.C6H6N2O/c7-5(9)3-1-2-4(11-3)6(8)10;1-8-6-3-2-5(4-7)9-6/h3-4H,1-2H2;5-6H,2-3H2. The Hall–Kier alpha value is -1.18. The van der Waals surface area contributed by atoms with E-state index in [1.807, 2.05) is 6.07 Å². The van der Waals surface area contributed by atoms with Crippen LogP contribution >= 0.6 is 23.2 Å². The predicted octanol–water partition coefficient (Wildman–Crippen LogP) is 2.00. The lowest BCUT2D eigenvalue weighted by Gasteiger charge is -2.04. The van der Waals surface area contributed by atoms with Crippen LogP contribution in [0.15, 0.2) is 0 Å². The average Bonchev–Trinajstić information content (AvgIpc) is 3.08. The summed E-state index contributed by atoms with van der Waals surface area (Å²) in [6.45, 7) is 6.56. The molecule has 108 valence electrons. The van der Waals surface area contributed by atoms with E-state index in [0.717, 1.165) is 0 Å². The molecule has 2 aliphatic heterocycles. The normalized spacial score (nSPS) is 31.6. The number of halogens is 2. The van der Waals surface area contributed by atoms with E-state index in [-0.39, 0.29) is 12.3 Å². The zero-order valence-electron chi connectivity index (χ0n) is 10.4. The summed E-state index contributed by atoms with van der Waals surface area (Å²) in [5.41, 5.74) is 0. The topological polar surface area (TPSA) is 80.8 Å². The van der Waals surface area contributed by atoms with E-state index >= 15 is 0 Å². The molecule has 0 radical (unpaired) electrons. The van der Waals surface area contributed by atoms with Gasteiger partial charge in [0.2, 0.25) is 0 Å². The van der Waals surface area contributed by atoms with Crippen molar-refractivity contribution >= 4 is 33.7 Å². The number of ether oxygens (including phenoxy) is 2. The second kappa shape index (κ2) is 8.18. The number of carbonyl (C=O) groups excluding carboxylic acids is 2. The molecule has 4 unspecified atom stereocenters. The van der Waals surface area contributed by atoms with Crippen molar-refractivity contribution in [3.05, 3.63) is 11.4 Å². The highest BCUT2D eigenvalue weighted by Crippen LogP contribution is 2.22. The molecular formula is C12H12Cl2N2O4. The van der Waals surface area contributed by atoms with Gasteiger partial charge in [-0.3, -0.25) is 19.2 Å². The number of hydrogen-bond acceptors (Lipinski definition) is 5.